The molecule has 132 valence electrons. The molecular weight excluding hydrogens is 319 g/mol. The average molecular weight is 342 g/mol. The Kier molecular flexibility index (Phi) is 5.28. The van der Waals surface area contributed by atoms with Crippen LogP contribution in [0.25, 0.3) is 16.8 Å². The van der Waals surface area contributed by atoms with E-state index in [0.29, 0.717) is 0 Å². The van der Waals surface area contributed by atoms with Crippen LogP contribution in [0.5, 0.6) is 0 Å². The lowest BCUT2D eigenvalue weighted by molar-refractivity contribution is 0.147. The Morgan fingerprint density at radius 3 is 2.68 bits per heavy atom. The van der Waals surface area contributed by atoms with Crippen molar-refractivity contribution in [2.24, 2.45) is 0 Å². The summed E-state index contributed by atoms with van der Waals surface area (Å²) in [5.74, 6) is 0.647. The maximum absolute atomic E-state index is 13.2. The molecule has 0 unspecified atom stereocenters. The van der Waals surface area contributed by atoms with Crippen molar-refractivity contribution in [3.05, 3.63) is 47.5 Å². The molecule has 0 saturated carbocycles. The zero-order valence-electron chi connectivity index (χ0n) is 14.8. The van der Waals surface area contributed by atoms with Gasteiger partial charge in [0.05, 0.1) is 5.69 Å². The van der Waals surface area contributed by atoms with E-state index in [9.17, 15) is 4.39 Å². The molecular formula is C19H23FN4O. The van der Waals surface area contributed by atoms with E-state index < -0.39 is 0 Å². The fourth-order valence-corrected chi connectivity index (χ4v) is 2.86. The Morgan fingerprint density at radius 1 is 1.20 bits per heavy atom. The second-order valence-corrected chi connectivity index (χ2v) is 5.96. The molecule has 3 aromatic rings. The van der Waals surface area contributed by atoms with Crippen LogP contribution in [0.2, 0.25) is 0 Å². The fourth-order valence-electron chi connectivity index (χ4n) is 2.86. The molecule has 0 saturated heterocycles. The number of nitrogens with zero attached hydrogens (tertiary/aromatic N) is 3. The highest BCUT2D eigenvalue weighted by molar-refractivity contribution is 5.80. The highest BCUT2D eigenvalue weighted by atomic mass is 19.1. The molecule has 0 radical (unpaired) electrons. The lowest BCUT2D eigenvalue weighted by Crippen LogP contribution is -2.10. The van der Waals surface area contributed by atoms with Crippen molar-refractivity contribution in [3.63, 3.8) is 0 Å². The molecule has 1 N–H and O–H groups in total. The largest absolute Gasteiger partial charge is 0.382 e. The number of nitrogens with one attached hydrogen (secondary N) is 1. The monoisotopic (exact) mass is 342 g/mol. The summed E-state index contributed by atoms with van der Waals surface area (Å²) in [6.45, 7) is 8.16. The first kappa shape index (κ1) is 17.4. The lowest BCUT2D eigenvalue weighted by atomic mass is 10.1. The third-order valence-corrected chi connectivity index (χ3v) is 4.00. The molecule has 5 nitrogen and oxygen atoms in total. The zero-order valence-corrected chi connectivity index (χ0v) is 14.8. The molecule has 0 bridgehead atoms. The van der Waals surface area contributed by atoms with Crippen molar-refractivity contribution in [1.82, 2.24) is 14.6 Å². The first-order valence-electron chi connectivity index (χ1n) is 8.54. The third kappa shape index (κ3) is 3.79. The summed E-state index contributed by atoms with van der Waals surface area (Å²) in [6, 6.07) is 8.42. The van der Waals surface area contributed by atoms with Crippen LogP contribution in [0.15, 0.2) is 30.3 Å². The van der Waals surface area contributed by atoms with Crippen molar-refractivity contribution in [3.8, 4) is 11.1 Å². The van der Waals surface area contributed by atoms with Crippen LogP contribution in [-0.2, 0) is 4.74 Å². The summed E-state index contributed by atoms with van der Waals surface area (Å²) in [4.78, 5) is 4.66. The van der Waals surface area contributed by atoms with E-state index in [1.54, 1.807) is 12.1 Å². The number of benzene rings is 1. The SMILES string of the molecule is CCOCCCNc1cc(C)nc2c(-c3ccc(F)cc3)c(C)nn12. The van der Waals surface area contributed by atoms with E-state index in [0.717, 1.165) is 60.2 Å². The number of anilines is 1. The summed E-state index contributed by atoms with van der Waals surface area (Å²) >= 11 is 0. The van der Waals surface area contributed by atoms with E-state index in [1.807, 2.05) is 31.4 Å². The molecule has 25 heavy (non-hydrogen) atoms. The Bertz CT molecular complexity index is 858. The number of fused-ring (bicyclic) bond motifs is 1. The summed E-state index contributed by atoms with van der Waals surface area (Å²) in [7, 11) is 0. The van der Waals surface area contributed by atoms with E-state index in [-0.39, 0.29) is 5.82 Å². The van der Waals surface area contributed by atoms with Gasteiger partial charge in [-0.1, -0.05) is 12.1 Å². The quantitative estimate of drug-likeness (QED) is 0.660. The second kappa shape index (κ2) is 7.61. The molecule has 6 heteroatoms. The van der Waals surface area contributed by atoms with Crippen LogP contribution in [0.4, 0.5) is 10.2 Å². The smallest absolute Gasteiger partial charge is 0.165 e. The van der Waals surface area contributed by atoms with Crippen LogP contribution in [0.3, 0.4) is 0 Å². The molecule has 2 heterocycles. The van der Waals surface area contributed by atoms with Crippen molar-refractivity contribution < 1.29 is 9.13 Å². The standard InChI is InChI=1S/C19H23FN4O/c1-4-25-11-5-10-21-17-12-13(2)22-19-18(14(3)23-24(17)19)15-6-8-16(20)9-7-15/h6-9,12,21H,4-5,10-11H2,1-3H3. The van der Waals surface area contributed by atoms with Crippen LogP contribution >= 0.6 is 0 Å². The van der Waals surface area contributed by atoms with Gasteiger partial charge in [-0.15, -0.1) is 0 Å². The number of hydrogen-bond donors (Lipinski definition) is 1. The molecule has 2 aromatic heterocycles. The van der Waals surface area contributed by atoms with Crippen molar-refractivity contribution in [2.75, 3.05) is 25.1 Å². The molecule has 1 aromatic carbocycles. The summed E-state index contributed by atoms with van der Waals surface area (Å²) in [6.07, 6.45) is 0.918. The Morgan fingerprint density at radius 2 is 1.96 bits per heavy atom. The van der Waals surface area contributed by atoms with Gasteiger partial charge < -0.3 is 10.1 Å². The van der Waals surface area contributed by atoms with Gasteiger partial charge in [0.25, 0.3) is 0 Å². The van der Waals surface area contributed by atoms with E-state index in [4.69, 9.17) is 4.74 Å². The third-order valence-electron chi connectivity index (χ3n) is 4.00. The maximum Gasteiger partial charge on any atom is 0.165 e. The van der Waals surface area contributed by atoms with Crippen LogP contribution < -0.4 is 5.32 Å². The van der Waals surface area contributed by atoms with Crippen LogP contribution in [-0.4, -0.2) is 34.4 Å². The molecule has 0 fully saturated rings. The predicted molar refractivity (Wildman–Crippen MR) is 97.5 cm³/mol. The highest BCUT2D eigenvalue weighted by Crippen LogP contribution is 2.29. The Balaban J connectivity index is 1.95. The van der Waals surface area contributed by atoms with Crippen LogP contribution in [0, 0.1) is 19.7 Å². The molecule has 0 aliphatic heterocycles. The summed E-state index contributed by atoms with van der Waals surface area (Å²) in [5.41, 5.74) is 4.39. The molecule has 3 rings (SSSR count). The fraction of sp³-hybridized carbons (Fsp3) is 0.368. The Labute approximate surface area is 146 Å². The van der Waals surface area contributed by atoms with Crippen molar-refractivity contribution in [2.45, 2.75) is 27.2 Å². The molecule has 0 aliphatic carbocycles. The van der Waals surface area contributed by atoms with Gasteiger partial charge in [-0.25, -0.2) is 9.37 Å². The number of halogens is 1. The van der Waals surface area contributed by atoms with E-state index in [2.05, 4.69) is 15.4 Å². The number of rotatable bonds is 7. The first-order valence-corrected chi connectivity index (χ1v) is 8.54. The minimum atomic E-state index is -0.251. The maximum atomic E-state index is 13.2. The van der Waals surface area contributed by atoms with Gasteiger partial charge in [0.15, 0.2) is 5.65 Å². The minimum Gasteiger partial charge on any atom is -0.382 e. The lowest BCUT2D eigenvalue weighted by Gasteiger charge is -2.10. The zero-order chi connectivity index (χ0) is 17.8. The highest BCUT2D eigenvalue weighted by Gasteiger charge is 2.16. The van der Waals surface area contributed by atoms with Gasteiger partial charge in [-0.2, -0.15) is 9.61 Å². The van der Waals surface area contributed by atoms with Gasteiger partial charge in [-0.05, 0) is 44.9 Å². The normalized spacial score (nSPS) is 11.2. The number of aryl methyl sites for hydroxylation is 2. The molecule has 0 aliphatic rings. The number of aromatic nitrogens is 3. The summed E-state index contributed by atoms with van der Waals surface area (Å²) in [5, 5.41) is 8.04. The first-order chi connectivity index (χ1) is 12.1. The topological polar surface area (TPSA) is 51.5 Å². The van der Waals surface area contributed by atoms with Crippen molar-refractivity contribution in [1.29, 1.82) is 0 Å². The van der Waals surface area contributed by atoms with Gasteiger partial charge >= 0.3 is 0 Å². The van der Waals surface area contributed by atoms with Gasteiger partial charge in [-0.3, -0.25) is 0 Å². The van der Waals surface area contributed by atoms with Gasteiger partial charge in [0.1, 0.15) is 11.6 Å². The average Bonchev–Trinajstić information content (AvgIpc) is 2.91. The van der Waals surface area contributed by atoms with Gasteiger partial charge in [0, 0.05) is 37.1 Å². The molecule has 0 atom stereocenters. The minimum absolute atomic E-state index is 0.251. The van der Waals surface area contributed by atoms with Crippen molar-refractivity contribution >= 4 is 11.5 Å². The van der Waals surface area contributed by atoms with Crippen LogP contribution in [0.1, 0.15) is 24.7 Å². The second-order valence-electron chi connectivity index (χ2n) is 5.96. The number of ether oxygens (including phenoxy) is 1. The van der Waals surface area contributed by atoms with Gasteiger partial charge in [0.2, 0.25) is 0 Å². The Hall–Kier alpha value is -2.47. The number of hydrogen-bond acceptors (Lipinski definition) is 4. The van der Waals surface area contributed by atoms with E-state index >= 15 is 0 Å². The summed E-state index contributed by atoms with van der Waals surface area (Å²) < 4.78 is 20.4. The molecule has 0 spiro atoms. The predicted octanol–water partition coefficient (Wildman–Crippen LogP) is 3.99. The van der Waals surface area contributed by atoms with E-state index in [1.165, 1.54) is 12.1 Å². The molecule has 0 amide bonds.